The molecule has 0 amide bonds. The molecule has 0 unspecified atom stereocenters. The quantitative estimate of drug-likeness (QED) is 0.891. The molecule has 92 valence electrons. The topological polar surface area (TPSA) is 29.3 Å². The molecule has 0 bridgehead atoms. The third kappa shape index (κ3) is 2.00. The molecular formula is C16H18N2. The van der Waals surface area contributed by atoms with E-state index >= 15 is 0 Å². The lowest BCUT2D eigenvalue weighted by Crippen LogP contribution is -2.17. The fraction of sp³-hybridized carbons (Fsp3) is 0.250. The molecule has 0 saturated carbocycles. The number of fused-ring (bicyclic) bond motifs is 1. The highest BCUT2D eigenvalue weighted by atomic mass is 15.1. The average Bonchev–Trinajstić information content (AvgIpc) is 2.83. The van der Waals surface area contributed by atoms with E-state index in [-0.39, 0.29) is 0 Å². The number of para-hydroxylation sites is 1. The number of anilines is 1. The molecule has 2 aromatic carbocycles. The van der Waals surface area contributed by atoms with Crippen molar-refractivity contribution < 1.29 is 0 Å². The van der Waals surface area contributed by atoms with Crippen molar-refractivity contribution in [3.05, 3.63) is 65.2 Å². The third-order valence-corrected chi connectivity index (χ3v) is 3.59. The average molecular weight is 238 g/mol. The van der Waals surface area contributed by atoms with Gasteiger partial charge in [0.2, 0.25) is 0 Å². The van der Waals surface area contributed by atoms with Gasteiger partial charge < -0.3 is 10.6 Å². The van der Waals surface area contributed by atoms with Gasteiger partial charge in [0.05, 0.1) is 0 Å². The van der Waals surface area contributed by atoms with Crippen molar-refractivity contribution in [2.75, 3.05) is 11.4 Å². The standard InChI is InChI=1S/C16H18N2/c17-10-9-13-5-3-4-8-16(13)18-11-14-6-1-2-7-15(14)12-18/h1-8H,9-12,17H2. The van der Waals surface area contributed by atoms with E-state index in [1.165, 1.54) is 22.4 Å². The summed E-state index contributed by atoms with van der Waals surface area (Å²) in [4.78, 5) is 2.44. The molecule has 0 aliphatic carbocycles. The van der Waals surface area contributed by atoms with Gasteiger partial charge in [0.15, 0.2) is 0 Å². The van der Waals surface area contributed by atoms with Crippen molar-refractivity contribution >= 4 is 5.69 Å². The third-order valence-electron chi connectivity index (χ3n) is 3.59. The smallest absolute Gasteiger partial charge is 0.0436 e. The minimum absolute atomic E-state index is 0.706. The number of hydrogen-bond donors (Lipinski definition) is 1. The van der Waals surface area contributed by atoms with Crippen molar-refractivity contribution in [2.24, 2.45) is 5.73 Å². The van der Waals surface area contributed by atoms with Gasteiger partial charge in [-0.2, -0.15) is 0 Å². The first-order valence-corrected chi connectivity index (χ1v) is 6.48. The van der Waals surface area contributed by atoms with Gasteiger partial charge in [0.1, 0.15) is 0 Å². The van der Waals surface area contributed by atoms with Gasteiger partial charge in [-0.05, 0) is 35.7 Å². The maximum absolute atomic E-state index is 5.69. The molecule has 2 N–H and O–H groups in total. The van der Waals surface area contributed by atoms with Gasteiger partial charge in [-0.3, -0.25) is 0 Å². The summed E-state index contributed by atoms with van der Waals surface area (Å²) in [6.07, 6.45) is 0.947. The zero-order chi connectivity index (χ0) is 12.4. The first-order valence-electron chi connectivity index (χ1n) is 6.48. The summed E-state index contributed by atoms with van der Waals surface area (Å²) in [6.45, 7) is 2.73. The molecule has 3 rings (SSSR count). The van der Waals surface area contributed by atoms with Crippen molar-refractivity contribution in [3.8, 4) is 0 Å². The molecule has 0 radical (unpaired) electrons. The largest absolute Gasteiger partial charge is 0.363 e. The van der Waals surface area contributed by atoms with Crippen LogP contribution in [0.15, 0.2) is 48.5 Å². The molecule has 0 spiro atoms. The van der Waals surface area contributed by atoms with Crippen molar-refractivity contribution in [1.29, 1.82) is 0 Å². The number of benzene rings is 2. The van der Waals surface area contributed by atoms with E-state index < -0.39 is 0 Å². The van der Waals surface area contributed by atoms with Gasteiger partial charge >= 0.3 is 0 Å². The SMILES string of the molecule is NCCc1ccccc1N1Cc2ccccc2C1. The van der Waals surface area contributed by atoms with E-state index in [1.807, 2.05) is 0 Å². The first-order chi connectivity index (χ1) is 8.88. The van der Waals surface area contributed by atoms with E-state index in [9.17, 15) is 0 Å². The fourth-order valence-corrected chi connectivity index (χ4v) is 2.69. The lowest BCUT2D eigenvalue weighted by atomic mass is 10.1. The van der Waals surface area contributed by atoms with Gasteiger partial charge in [-0.15, -0.1) is 0 Å². The van der Waals surface area contributed by atoms with Crippen molar-refractivity contribution in [3.63, 3.8) is 0 Å². The highest BCUT2D eigenvalue weighted by Crippen LogP contribution is 2.30. The normalized spacial score (nSPS) is 13.7. The number of hydrogen-bond acceptors (Lipinski definition) is 2. The van der Waals surface area contributed by atoms with Gasteiger partial charge in [-0.1, -0.05) is 42.5 Å². The monoisotopic (exact) mass is 238 g/mol. The molecule has 18 heavy (non-hydrogen) atoms. The van der Waals surface area contributed by atoms with Crippen LogP contribution in [0.1, 0.15) is 16.7 Å². The Morgan fingerprint density at radius 3 is 2.17 bits per heavy atom. The second-order valence-corrected chi connectivity index (χ2v) is 4.79. The summed E-state index contributed by atoms with van der Waals surface area (Å²) >= 11 is 0. The molecule has 0 fully saturated rings. The Bertz CT molecular complexity index is 523. The molecule has 0 saturated heterocycles. The Morgan fingerprint density at radius 1 is 0.889 bits per heavy atom. The predicted octanol–water partition coefficient (Wildman–Crippen LogP) is 2.71. The van der Waals surface area contributed by atoms with Crippen LogP contribution in [0.5, 0.6) is 0 Å². The van der Waals surface area contributed by atoms with E-state index in [1.54, 1.807) is 0 Å². The minimum atomic E-state index is 0.706. The highest BCUT2D eigenvalue weighted by Gasteiger charge is 2.19. The molecule has 1 aliphatic rings. The van der Waals surface area contributed by atoms with Gasteiger partial charge in [0.25, 0.3) is 0 Å². The van der Waals surface area contributed by atoms with Crippen molar-refractivity contribution in [1.82, 2.24) is 0 Å². The Balaban J connectivity index is 1.90. The molecule has 1 heterocycles. The summed E-state index contributed by atoms with van der Waals surface area (Å²) in [7, 11) is 0. The van der Waals surface area contributed by atoms with Gasteiger partial charge in [0, 0.05) is 18.8 Å². The van der Waals surface area contributed by atoms with Crippen LogP contribution in [0.2, 0.25) is 0 Å². The highest BCUT2D eigenvalue weighted by molar-refractivity contribution is 5.57. The zero-order valence-electron chi connectivity index (χ0n) is 10.5. The van der Waals surface area contributed by atoms with E-state index in [0.717, 1.165) is 19.5 Å². The van der Waals surface area contributed by atoms with E-state index in [2.05, 4.69) is 53.4 Å². The van der Waals surface area contributed by atoms with E-state index in [4.69, 9.17) is 5.73 Å². The Kier molecular flexibility index (Phi) is 3.03. The summed E-state index contributed by atoms with van der Waals surface area (Å²) < 4.78 is 0. The van der Waals surface area contributed by atoms with Crippen LogP contribution in [0, 0.1) is 0 Å². The summed E-state index contributed by atoms with van der Waals surface area (Å²) in [5.74, 6) is 0. The summed E-state index contributed by atoms with van der Waals surface area (Å²) in [5, 5.41) is 0. The van der Waals surface area contributed by atoms with Gasteiger partial charge in [-0.25, -0.2) is 0 Å². The lowest BCUT2D eigenvalue weighted by Gasteiger charge is -2.21. The first kappa shape index (κ1) is 11.3. The molecule has 2 heteroatoms. The molecular weight excluding hydrogens is 220 g/mol. The lowest BCUT2D eigenvalue weighted by molar-refractivity contribution is 0.858. The number of nitrogens with two attached hydrogens (primary N) is 1. The molecule has 1 aliphatic heterocycles. The fourth-order valence-electron chi connectivity index (χ4n) is 2.69. The van der Waals surface area contributed by atoms with Crippen LogP contribution >= 0.6 is 0 Å². The van der Waals surface area contributed by atoms with Crippen LogP contribution < -0.4 is 10.6 Å². The second kappa shape index (κ2) is 4.83. The molecule has 2 aromatic rings. The maximum atomic E-state index is 5.69. The second-order valence-electron chi connectivity index (χ2n) is 4.79. The predicted molar refractivity (Wildman–Crippen MR) is 75.5 cm³/mol. The van der Waals surface area contributed by atoms with Crippen molar-refractivity contribution in [2.45, 2.75) is 19.5 Å². The van der Waals surface area contributed by atoms with Crippen LogP contribution in [-0.2, 0) is 19.5 Å². The minimum Gasteiger partial charge on any atom is -0.363 e. The maximum Gasteiger partial charge on any atom is 0.0436 e. The molecule has 2 nitrogen and oxygen atoms in total. The van der Waals surface area contributed by atoms with Crippen LogP contribution in [-0.4, -0.2) is 6.54 Å². The summed E-state index contributed by atoms with van der Waals surface area (Å²) in [5.41, 5.74) is 11.3. The van der Waals surface area contributed by atoms with Crippen LogP contribution in [0.25, 0.3) is 0 Å². The Hall–Kier alpha value is -1.80. The van der Waals surface area contributed by atoms with Crippen LogP contribution in [0.4, 0.5) is 5.69 Å². The number of rotatable bonds is 3. The van der Waals surface area contributed by atoms with Crippen LogP contribution in [0.3, 0.4) is 0 Å². The van der Waals surface area contributed by atoms with E-state index in [0.29, 0.717) is 6.54 Å². The molecule has 0 atom stereocenters. The zero-order valence-corrected chi connectivity index (χ0v) is 10.5. The Labute approximate surface area is 108 Å². The Morgan fingerprint density at radius 2 is 1.50 bits per heavy atom. The molecule has 0 aromatic heterocycles. The number of nitrogens with zero attached hydrogens (tertiary/aromatic N) is 1. The summed E-state index contributed by atoms with van der Waals surface area (Å²) in [6, 6.07) is 17.3.